The van der Waals surface area contributed by atoms with Gasteiger partial charge in [0.15, 0.2) is 12.0 Å². The van der Waals surface area contributed by atoms with Gasteiger partial charge < -0.3 is 60.2 Å². The third-order valence-corrected chi connectivity index (χ3v) is 3.57. The topological polar surface area (TPSA) is 210 Å². The van der Waals surface area contributed by atoms with Gasteiger partial charge in [-0.05, 0) is 6.92 Å². The van der Waals surface area contributed by atoms with Crippen LogP contribution < -0.4 is 0 Å². The second-order valence-corrected chi connectivity index (χ2v) is 5.77. The Labute approximate surface area is 156 Å². The summed E-state index contributed by atoms with van der Waals surface area (Å²) in [7, 11) is 0. The van der Waals surface area contributed by atoms with Crippen molar-refractivity contribution in [3.05, 3.63) is 12.0 Å². The zero-order valence-electron chi connectivity index (χ0n) is 15.1. The van der Waals surface area contributed by atoms with Gasteiger partial charge in [0.05, 0.1) is 19.3 Å². The molecule has 6 unspecified atom stereocenters. The molecule has 0 aliphatic heterocycles. The molecule has 0 aromatic heterocycles. The number of ether oxygens (including phenoxy) is 3. The van der Waals surface area contributed by atoms with Crippen LogP contribution in [0.1, 0.15) is 13.8 Å². The molecule has 9 N–H and O–H groups in total. The lowest BCUT2D eigenvalue weighted by Gasteiger charge is -2.30. The molecule has 0 heterocycles. The average molecular weight is 402 g/mol. The zero-order chi connectivity index (χ0) is 21.1. The van der Waals surface area contributed by atoms with E-state index in [1.807, 2.05) is 0 Å². The molecule has 0 aliphatic carbocycles. The van der Waals surface area contributed by atoms with Crippen molar-refractivity contribution >= 4 is 0 Å². The standard InChI is InChI=1S/C15H30O12/c1-3-25-15(24)12(21)11(20)10(19)7(2)6-26-14(23)9(5-17)27-13(22)8(18)4-16/h5,7-8,10-24H,3-4,6H2,1-2H3/b9-5-/t7?,8-,10?,11?,12?,13?,14-,15?/m1/s1. The van der Waals surface area contributed by atoms with E-state index in [1.54, 1.807) is 6.92 Å². The number of aliphatic hydroxyl groups is 9. The first kappa shape index (κ1) is 25.9. The Hall–Kier alpha value is -1.06. The molecule has 0 aromatic carbocycles. The van der Waals surface area contributed by atoms with Gasteiger partial charge in [-0.1, -0.05) is 6.92 Å². The van der Waals surface area contributed by atoms with Gasteiger partial charge in [-0.2, -0.15) is 0 Å². The molecule has 0 bridgehead atoms. The Morgan fingerprint density at radius 2 is 1.48 bits per heavy atom. The highest BCUT2D eigenvalue weighted by Gasteiger charge is 2.34. The van der Waals surface area contributed by atoms with Crippen LogP contribution in [0.3, 0.4) is 0 Å². The summed E-state index contributed by atoms with van der Waals surface area (Å²) in [6, 6.07) is 0. The normalized spacial score (nSPS) is 21.6. The first-order valence-electron chi connectivity index (χ1n) is 8.22. The van der Waals surface area contributed by atoms with Crippen LogP contribution in [0.2, 0.25) is 0 Å². The quantitative estimate of drug-likeness (QED) is 0.102. The Morgan fingerprint density at radius 3 is 1.96 bits per heavy atom. The maximum absolute atomic E-state index is 10.00. The fourth-order valence-corrected chi connectivity index (χ4v) is 1.86. The molecule has 0 amide bonds. The van der Waals surface area contributed by atoms with Crippen LogP contribution in [-0.2, 0) is 14.2 Å². The smallest absolute Gasteiger partial charge is 0.225 e. The molecule has 0 spiro atoms. The molecule has 27 heavy (non-hydrogen) atoms. The molecule has 12 heteroatoms. The Balaban J connectivity index is 4.62. The average Bonchev–Trinajstić information content (AvgIpc) is 2.67. The molecule has 0 aliphatic rings. The lowest BCUT2D eigenvalue weighted by Crippen LogP contribution is -2.48. The Morgan fingerprint density at radius 1 is 0.889 bits per heavy atom. The second-order valence-electron chi connectivity index (χ2n) is 5.77. The molecule has 0 saturated carbocycles. The monoisotopic (exact) mass is 402 g/mol. The van der Waals surface area contributed by atoms with Gasteiger partial charge in [0.2, 0.25) is 12.6 Å². The van der Waals surface area contributed by atoms with E-state index >= 15 is 0 Å². The Bertz CT molecular complexity index is 420. The fraction of sp³-hybridized carbons (Fsp3) is 0.867. The highest BCUT2D eigenvalue weighted by atomic mass is 16.7. The van der Waals surface area contributed by atoms with Gasteiger partial charge in [0, 0.05) is 12.5 Å². The molecule has 0 fully saturated rings. The van der Waals surface area contributed by atoms with E-state index in [0.717, 1.165) is 0 Å². The van der Waals surface area contributed by atoms with Crippen molar-refractivity contribution in [2.75, 3.05) is 19.8 Å². The zero-order valence-corrected chi connectivity index (χ0v) is 15.1. The predicted octanol–water partition coefficient (Wildman–Crippen LogP) is -3.52. The van der Waals surface area contributed by atoms with Crippen LogP contribution in [-0.4, -0.2) is 109 Å². The molecule has 0 saturated heterocycles. The van der Waals surface area contributed by atoms with Gasteiger partial charge in [-0.3, -0.25) is 0 Å². The van der Waals surface area contributed by atoms with E-state index in [-0.39, 0.29) is 12.9 Å². The molecular formula is C15H30O12. The van der Waals surface area contributed by atoms with Gasteiger partial charge in [-0.15, -0.1) is 0 Å². The van der Waals surface area contributed by atoms with Crippen molar-refractivity contribution in [1.82, 2.24) is 0 Å². The van der Waals surface area contributed by atoms with E-state index in [1.165, 1.54) is 6.92 Å². The molecule has 162 valence electrons. The van der Waals surface area contributed by atoms with E-state index in [9.17, 15) is 30.6 Å². The predicted molar refractivity (Wildman–Crippen MR) is 87.7 cm³/mol. The third-order valence-electron chi connectivity index (χ3n) is 3.57. The third kappa shape index (κ3) is 8.66. The number of rotatable bonds is 14. The van der Waals surface area contributed by atoms with E-state index in [4.69, 9.17) is 24.8 Å². The lowest BCUT2D eigenvalue weighted by atomic mass is 9.96. The van der Waals surface area contributed by atoms with Crippen molar-refractivity contribution in [2.45, 2.75) is 57.1 Å². The summed E-state index contributed by atoms with van der Waals surface area (Å²) in [6.45, 7) is 1.78. The summed E-state index contributed by atoms with van der Waals surface area (Å²) < 4.78 is 14.3. The van der Waals surface area contributed by atoms with Crippen LogP contribution >= 0.6 is 0 Å². The molecule has 0 radical (unpaired) electrons. The van der Waals surface area contributed by atoms with Crippen molar-refractivity contribution < 1.29 is 60.2 Å². The number of hydrogen-bond donors (Lipinski definition) is 9. The van der Waals surface area contributed by atoms with Crippen LogP contribution in [0.5, 0.6) is 0 Å². The summed E-state index contributed by atoms with van der Waals surface area (Å²) in [4.78, 5) is 0. The molecule has 8 atom stereocenters. The number of hydrogen-bond acceptors (Lipinski definition) is 12. The summed E-state index contributed by atoms with van der Waals surface area (Å²) >= 11 is 0. The summed E-state index contributed by atoms with van der Waals surface area (Å²) in [5.74, 6) is -1.56. The minimum absolute atomic E-state index is 0.0685. The fourth-order valence-electron chi connectivity index (χ4n) is 1.86. The second kappa shape index (κ2) is 13.2. The maximum Gasteiger partial charge on any atom is 0.225 e. The van der Waals surface area contributed by atoms with Crippen LogP contribution in [0.25, 0.3) is 0 Å². The molecule has 0 aromatic rings. The van der Waals surface area contributed by atoms with Crippen LogP contribution in [0.4, 0.5) is 0 Å². The number of aliphatic hydroxyl groups excluding tert-OH is 9. The summed E-state index contributed by atoms with van der Waals surface area (Å²) in [5, 5.41) is 85.0. The van der Waals surface area contributed by atoms with Gasteiger partial charge in [0.1, 0.15) is 24.6 Å². The summed E-state index contributed by atoms with van der Waals surface area (Å²) in [5.41, 5.74) is 0. The first-order chi connectivity index (χ1) is 12.6. The van der Waals surface area contributed by atoms with Crippen LogP contribution in [0.15, 0.2) is 12.0 Å². The van der Waals surface area contributed by atoms with Crippen molar-refractivity contribution in [1.29, 1.82) is 0 Å². The highest BCUT2D eigenvalue weighted by molar-refractivity contribution is 4.91. The minimum Gasteiger partial charge on any atom is -0.512 e. The molecular weight excluding hydrogens is 372 g/mol. The van der Waals surface area contributed by atoms with Crippen molar-refractivity contribution in [2.24, 2.45) is 5.92 Å². The highest BCUT2D eigenvalue weighted by Crippen LogP contribution is 2.16. The Kier molecular flexibility index (Phi) is 12.7. The van der Waals surface area contributed by atoms with E-state index in [2.05, 4.69) is 4.74 Å². The minimum atomic E-state index is -1.95. The lowest BCUT2D eigenvalue weighted by molar-refractivity contribution is -0.210. The van der Waals surface area contributed by atoms with Crippen molar-refractivity contribution in [3.63, 3.8) is 0 Å². The largest absolute Gasteiger partial charge is 0.512 e. The molecule has 0 rings (SSSR count). The SMILES string of the molecule is CCOC(O)C(O)C(O)C(O)C(C)CO[C@@H](O)/C(=C/O)OC(O)[C@H](O)CO. The van der Waals surface area contributed by atoms with E-state index in [0.29, 0.717) is 0 Å². The summed E-state index contributed by atoms with van der Waals surface area (Å²) in [6.07, 6.45) is -12.2. The van der Waals surface area contributed by atoms with Gasteiger partial charge in [0.25, 0.3) is 0 Å². The first-order valence-corrected chi connectivity index (χ1v) is 8.22. The maximum atomic E-state index is 10.00. The van der Waals surface area contributed by atoms with Gasteiger partial charge >= 0.3 is 0 Å². The molecule has 12 nitrogen and oxygen atoms in total. The van der Waals surface area contributed by atoms with Crippen LogP contribution in [0, 0.1) is 5.92 Å². The van der Waals surface area contributed by atoms with Gasteiger partial charge in [-0.25, -0.2) is 0 Å². The van der Waals surface area contributed by atoms with E-state index < -0.39 is 68.2 Å². The van der Waals surface area contributed by atoms with Crippen molar-refractivity contribution in [3.8, 4) is 0 Å².